The summed E-state index contributed by atoms with van der Waals surface area (Å²) >= 11 is 0. The summed E-state index contributed by atoms with van der Waals surface area (Å²) in [6.07, 6.45) is 1.61. The van der Waals surface area contributed by atoms with Gasteiger partial charge in [0.2, 0.25) is 0 Å². The van der Waals surface area contributed by atoms with E-state index >= 15 is 0 Å². The van der Waals surface area contributed by atoms with Gasteiger partial charge in [-0.3, -0.25) is 23.7 Å². The minimum atomic E-state index is -4.39. The second-order valence-electron chi connectivity index (χ2n) is 8.65. The molecule has 210 valence electrons. The Morgan fingerprint density at radius 1 is 1.12 bits per heavy atom. The molecule has 0 saturated carbocycles. The normalized spacial score (nSPS) is 23.6. The SMILES string of the molecule is C#C[C@]1(COP(=O)(NCC(=O)OCc2ccccc2)Oc2ccccc2)O[C@@H](n2ccc(=O)[nH]c2=O)[C@H](O)[C@@H]1O. The molecule has 5 atom stereocenters. The summed E-state index contributed by atoms with van der Waals surface area (Å²) in [6, 6.07) is 17.8. The summed E-state index contributed by atoms with van der Waals surface area (Å²) in [5.74, 6) is 1.55. The van der Waals surface area contributed by atoms with Crippen LogP contribution < -0.4 is 20.9 Å². The van der Waals surface area contributed by atoms with Gasteiger partial charge >= 0.3 is 19.4 Å². The van der Waals surface area contributed by atoms with Gasteiger partial charge in [0, 0.05) is 12.3 Å². The van der Waals surface area contributed by atoms with E-state index in [1.54, 1.807) is 42.5 Å². The lowest BCUT2D eigenvalue weighted by atomic mass is 9.97. The molecular formula is C26H26N3O10P. The van der Waals surface area contributed by atoms with E-state index in [-0.39, 0.29) is 12.4 Å². The average Bonchev–Trinajstić information content (AvgIpc) is 3.21. The standard InChI is InChI=1S/C26H26N3O10P/c1-2-26(23(33)22(32)24(38-26)29-14-13-20(30)28-25(29)34)17-37-40(35,39-19-11-7-4-8-12-19)27-15-21(31)36-16-18-9-5-3-6-10-18/h1,3-14,22-24,32-33H,15-17H2,(H,27,35)(H,28,30,34)/t22-,23+,24-,26-,40?/m1/s1. The molecule has 1 saturated heterocycles. The molecule has 1 aliphatic rings. The van der Waals surface area contributed by atoms with Crippen LogP contribution in [0.5, 0.6) is 5.75 Å². The van der Waals surface area contributed by atoms with Crippen molar-refractivity contribution >= 4 is 13.7 Å². The second-order valence-corrected chi connectivity index (χ2v) is 10.4. The Hall–Kier alpha value is -4.02. The molecule has 4 N–H and O–H groups in total. The number of esters is 1. The van der Waals surface area contributed by atoms with Crippen molar-refractivity contribution in [3.05, 3.63) is 99.3 Å². The minimum Gasteiger partial charge on any atom is -0.460 e. The summed E-state index contributed by atoms with van der Waals surface area (Å²) in [7, 11) is -4.39. The van der Waals surface area contributed by atoms with Crippen LogP contribution in [0.3, 0.4) is 0 Å². The molecule has 4 rings (SSSR count). The van der Waals surface area contributed by atoms with Crippen molar-refractivity contribution in [3.63, 3.8) is 0 Å². The molecule has 1 unspecified atom stereocenters. The highest BCUT2D eigenvalue weighted by Gasteiger charge is 2.55. The van der Waals surface area contributed by atoms with Gasteiger partial charge in [-0.2, -0.15) is 0 Å². The molecule has 0 aliphatic carbocycles. The van der Waals surface area contributed by atoms with Crippen LogP contribution in [0.1, 0.15) is 11.8 Å². The number of para-hydroxylation sites is 1. The molecule has 40 heavy (non-hydrogen) atoms. The third-order valence-electron chi connectivity index (χ3n) is 5.87. The van der Waals surface area contributed by atoms with Crippen molar-refractivity contribution in [3.8, 4) is 18.1 Å². The molecule has 2 heterocycles. The van der Waals surface area contributed by atoms with E-state index in [9.17, 15) is 29.2 Å². The second kappa shape index (κ2) is 12.4. The molecule has 1 aromatic heterocycles. The van der Waals surface area contributed by atoms with E-state index in [0.29, 0.717) is 0 Å². The van der Waals surface area contributed by atoms with Crippen LogP contribution in [0.25, 0.3) is 0 Å². The van der Waals surface area contributed by atoms with Gasteiger partial charge in [0.15, 0.2) is 11.8 Å². The zero-order chi connectivity index (χ0) is 28.8. The van der Waals surface area contributed by atoms with Crippen molar-refractivity contribution in [2.24, 2.45) is 0 Å². The summed E-state index contributed by atoms with van der Waals surface area (Å²) in [5, 5.41) is 23.8. The number of nitrogens with one attached hydrogen (secondary N) is 2. The minimum absolute atomic E-state index is 0.0182. The van der Waals surface area contributed by atoms with E-state index in [2.05, 4.69) is 11.0 Å². The van der Waals surface area contributed by atoms with Gasteiger partial charge in [-0.1, -0.05) is 54.5 Å². The molecule has 1 fully saturated rings. The number of aliphatic hydroxyl groups excluding tert-OH is 2. The van der Waals surface area contributed by atoms with Crippen molar-refractivity contribution in [1.82, 2.24) is 14.6 Å². The summed E-state index contributed by atoms with van der Waals surface area (Å²) in [4.78, 5) is 38.0. The first-order valence-corrected chi connectivity index (χ1v) is 13.5. The van der Waals surface area contributed by atoms with Gasteiger partial charge in [-0.25, -0.2) is 14.4 Å². The number of terminal acetylenes is 1. The van der Waals surface area contributed by atoms with Gasteiger partial charge in [-0.05, 0) is 17.7 Å². The Morgan fingerprint density at radius 3 is 2.45 bits per heavy atom. The van der Waals surface area contributed by atoms with Gasteiger partial charge < -0.3 is 24.2 Å². The van der Waals surface area contributed by atoms with E-state index in [4.69, 9.17) is 24.9 Å². The number of carbonyl (C=O) groups is 1. The summed E-state index contributed by atoms with van der Waals surface area (Å²) in [5.41, 5.74) is -2.97. The van der Waals surface area contributed by atoms with Crippen molar-refractivity contribution in [2.45, 2.75) is 30.6 Å². The summed E-state index contributed by atoms with van der Waals surface area (Å²) in [6.45, 7) is -1.40. The van der Waals surface area contributed by atoms with Crippen LogP contribution >= 0.6 is 7.75 Å². The maximum absolute atomic E-state index is 13.7. The number of carbonyl (C=O) groups excluding carboxylic acids is 1. The maximum Gasteiger partial charge on any atom is 0.459 e. The smallest absolute Gasteiger partial charge is 0.459 e. The largest absolute Gasteiger partial charge is 0.460 e. The van der Waals surface area contributed by atoms with Crippen LogP contribution in [0, 0.1) is 12.3 Å². The number of H-pyrrole nitrogens is 1. The zero-order valence-corrected chi connectivity index (χ0v) is 21.8. The lowest BCUT2D eigenvalue weighted by Crippen LogP contribution is -2.46. The lowest BCUT2D eigenvalue weighted by Gasteiger charge is -2.28. The number of rotatable bonds is 11. The molecular weight excluding hydrogens is 545 g/mol. The monoisotopic (exact) mass is 571 g/mol. The maximum atomic E-state index is 13.7. The fourth-order valence-electron chi connectivity index (χ4n) is 3.77. The Bertz CT molecular complexity index is 1520. The van der Waals surface area contributed by atoms with Crippen molar-refractivity contribution in [1.29, 1.82) is 0 Å². The van der Waals surface area contributed by atoms with Crippen LogP contribution in [-0.4, -0.2) is 56.7 Å². The van der Waals surface area contributed by atoms with E-state index in [0.717, 1.165) is 22.4 Å². The average molecular weight is 571 g/mol. The molecule has 0 radical (unpaired) electrons. The fraction of sp³-hybridized carbons (Fsp3) is 0.269. The van der Waals surface area contributed by atoms with E-state index in [1.807, 2.05) is 11.1 Å². The van der Waals surface area contributed by atoms with Crippen LogP contribution in [-0.2, 0) is 30.0 Å². The first-order valence-electron chi connectivity index (χ1n) is 11.9. The fourth-order valence-corrected chi connectivity index (χ4v) is 5.06. The number of benzene rings is 2. The van der Waals surface area contributed by atoms with Crippen LogP contribution in [0.4, 0.5) is 0 Å². The van der Waals surface area contributed by atoms with Crippen molar-refractivity contribution in [2.75, 3.05) is 13.2 Å². The molecule has 0 spiro atoms. The molecule has 2 aromatic carbocycles. The molecule has 1 aliphatic heterocycles. The molecule has 3 aromatic rings. The number of nitrogens with zero attached hydrogens (tertiary/aromatic N) is 1. The highest BCUT2D eigenvalue weighted by atomic mass is 31.2. The van der Waals surface area contributed by atoms with Gasteiger partial charge in [0.25, 0.3) is 5.56 Å². The predicted molar refractivity (Wildman–Crippen MR) is 140 cm³/mol. The van der Waals surface area contributed by atoms with Gasteiger partial charge in [0.1, 0.15) is 37.7 Å². The Morgan fingerprint density at radius 2 is 1.80 bits per heavy atom. The molecule has 14 heteroatoms. The number of aromatic nitrogens is 2. The number of aromatic amines is 1. The predicted octanol–water partition coefficient (Wildman–Crippen LogP) is 0.696. The third kappa shape index (κ3) is 6.75. The Kier molecular flexibility index (Phi) is 9.01. The van der Waals surface area contributed by atoms with Gasteiger partial charge in [-0.15, -0.1) is 6.42 Å². The number of hydrogen-bond acceptors (Lipinski definition) is 10. The van der Waals surface area contributed by atoms with Crippen LogP contribution in [0.15, 0.2) is 82.5 Å². The lowest BCUT2D eigenvalue weighted by molar-refractivity contribution is -0.143. The highest BCUT2D eigenvalue weighted by molar-refractivity contribution is 7.52. The molecule has 0 amide bonds. The van der Waals surface area contributed by atoms with E-state index < -0.39 is 62.2 Å². The van der Waals surface area contributed by atoms with Crippen LogP contribution in [0.2, 0.25) is 0 Å². The van der Waals surface area contributed by atoms with E-state index in [1.165, 1.54) is 12.1 Å². The Labute approximate surface area is 227 Å². The zero-order valence-electron chi connectivity index (χ0n) is 20.9. The first kappa shape index (κ1) is 29.0. The molecule has 0 bridgehead atoms. The topological polar surface area (TPSA) is 178 Å². The number of ether oxygens (including phenoxy) is 2. The van der Waals surface area contributed by atoms with Crippen molar-refractivity contribution < 1.29 is 38.1 Å². The highest BCUT2D eigenvalue weighted by Crippen LogP contribution is 2.47. The number of aliphatic hydroxyl groups is 2. The van der Waals surface area contributed by atoms with Gasteiger partial charge in [0.05, 0.1) is 0 Å². The number of hydrogen-bond donors (Lipinski definition) is 4. The Balaban J connectivity index is 1.49. The third-order valence-corrected chi connectivity index (χ3v) is 7.34. The molecule has 13 nitrogen and oxygen atoms in total. The summed E-state index contributed by atoms with van der Waals surface area (Å²) < 4.78 is 36.4. The quantitative estimate of drug-likeness (QED) is 0.145. The first-order chi connectivity index (χ1) is 19.1.